The molecular weight excluding hydrogens is 507 g/mol. The van der Waals surface area contributed by atoms with E-state index in [1.807, 2.05) is 13.8 Å². The summed E-state index contributed by atoms with van der Waals surface area (Å²) in [4.78, 5) is 21.6. The number of aryl methyl sites for hydroxylation is 1. The molecule has 0 atom stereocenters. The number of amides is 1. The average molecular weight is 547 g/mol. The van der Waals surface area contributed by atoms with Gasteiger partial charge in [-0.25, -0.2) is 0 Å². The molecule has 2 aliphatic rings. The third-order valence-electron chi connectivity index (χ3n) is 5.79. The molecule has 0 bridgehead atoms. The lowest BCUT2D eigenvalue weighted by molar-refractivity contribution is -0.123. The van der Waals surface area contributed by atoms with Crippen LogP contribution in [-0.4, -0.2) is 87.8 Å². The highest BCUT2D eigenvalue weighted by Crippen LogP contribution is 2.18. The molecule has 0 unspecified atom stereocenters. The minimum atomic E-state index is 0. The van der Waals surface area contributed by atoms with Crippen LogP contribution < -0.4 is 10.6 Å². The van der Waals surface area contributed by atoms with Gasteiger partial charge in [0.2, 0.25) is 5.91 Å². The van der Waals surface area contributed by atoms with E-state index in [2.05, 4.69) is 42.1 Å². The van der Waals surface area contributed by atoms with Crippen molar-refractivity contribution in [2.45, 2.75) is 71.5 Å². The smallest absolute Gasteiger partial charge is 0.234 e. The van der Waals surface area contributed by atoms with E-state index in [0.29, 0.717) is 19.1 Å². The fraction of sp³-hybridized carbons (Fsp3) is 0.810. The summed E-state index contributed by atoms with van der Waals surface area (Å²) in [6, 6.07) is 0.715. The van der Waals surface area contributed by atoms with Gasteiger partial charge in [0, 0.05) is 51.2 Å². The van der Waals surface area contributed by atoms with Gasteiger partial charge in [-0.2, -0.15) is 0 Å². The highest BCUT2D eigenvalue weighted by Gasteiger charge is 2.24. The van der Waals surface area contributed by atoms with E-state index >= 15 is 0 Å². The first kappa shape index (κ1) is 25.8. The molecule has 1 amide bonds. The van der Waals surface area contributed by atoms with Gasteiger partial charge in [-0.15, -0.1) is 34.2 Å². The highest BCUT2D eigenvalue weighted by molar-refractivity contribution is 14.0. The number of carbonyl (C=O) groups excluding carboxylic acids is 1. The summed E-state index contributed by atoms with van der Waals surface area (Å²) in [5.41, 5.74) is 0. The van der Waals surface area contributed by atoms with Gasteiger partial charge in [-0.1, -0.05) is 19.8 Å². The van der Waals surface area contributed by atoms with Crippen LogP contribution in [0.1, 0.15) is 52.3 Å². The second kappa shape index (κ2) is 13.2. The van der Waals surface area contributed by atoms with Crippen LogP contribution in [0.2, 0.25) is 0 Å². The third kappa shape index (κ3) is 8.21. The van der Waals surface area contributed by atoms with Crippen molar-refractivity contribution < 1.29 is 4.79 Å². The Hall–Kier alpha value is -1.43. The minimum Gasteiger partial charge on any atom is -0.354 e. The summed E-state index contributed by atoms with van der Waals surface area (Å²) in [6.07, 6.45) is 7.71. The Kier molecular flexibility index (Phi) is 11.0. The van der Waals surface area contributed by atoms with Crippen molar-refractivity contribution in [1.82, 2.24) is 35.2 Å². The quantitative estimate of drug-likeness (QED) is 0.292. The topological polar surface area (TPSA) is 90.7 Å². The summed E-state index contributed by atoms with van der Waals surface area (Å²) < 4.78 is 2.09. The number of carbonyl (C=O) groups is 1. The molecule has 1 aromatic rings. The molecule has 1 aromatic heterocycles. The number of halogens is 1. The molecular formula is C21H39IN8O. The van der Waals surface area contributed by atoms with Gasteiger partial charge in [0.1, 0.15) is 12.2 Å². The van der Waals surface area contributed by atoms with E-state index in [9.17, 15) is 4.79 Å². The lowest BCUT2D eigenvalue weighted by Crippen LogP contribution is -2.55. The van der Waals surface area contributed by atoms with Crippen molar-refractivity contribution in [3.63, 3.8) is 0 Å². The van der Waals surface area contributed by atoms with Gasteiger partial charge in [-0.3, -0.25) is 14.7 Å². The molecule has 1 saturated carbocycles. The molecule has 2 N–H and O–H groups in total. The monoisotopic (exact) mass is 546 g/mol. The zero-order valence-corrected chi connectivity index (χ0v) is 21.5. The minimum absolute atomic E-state index is 0. The van der Waals surface area contributed by atoms with Gasteiger partial charge in [-0.05, 0) is 26.7 Å². The molecule has 10 heteroatoms. The maximum absolute atomic E-state index is 12.1. The lowest BCUT2D eigenvalue weighted by atomic mass is 10.2. The normalized spacial score (nSPS) is 18.3. The number of nitrogens with zero attached hydrogens (tertiary/aromatic N) is 6. The summed E-state index contributed by atoms with van der Waals surface area (Å²) in [5.74, 6) is 2.13. The Labute approximate surface area is 203 Å². The van der Waals surface area contributed by atoms with Crippen molar-refractivity contribution in [2.24, 2.45) is 4.99 Å². The van der Waals surface area contributed by atoms with Crippen molar-refractivity contribution >= 4 is 35.8 Å². The van der Waals surface area contributed by atoms with Crippen molar-refractivity contribution in [3.8, 4) is 0 Å². The summed E-state index contributed by atoms with van der Waals surface area (Å²) >= 11 is 0. The summed E-state index contributed by atoms with van der Waals surface area (Å²) in [6.45, 7) is 11.6. The highest BCUT2D eigenvalue weighted by atomic mass is 127. The predicted molar refractivity (Wildman–Crippen MR) is 134 cm³/mol. The number of hydrogen-bond donors (Lipinski definition) is 2. The first-order chi connectivity index (χ1) is 14.5. The summed E-state index contributed by atoms with van der Waals surface area (Å²) in [5, 5.41) is 14.9. The molecule has 2 fully saturated rings. The largest absolute Gasteiger partial charge is 0.354 e. The van der Waals surface area contributed by atoms with Crippen LogP contribution in [0.25, 0.3) is 0 Å². The molecule has 0 aromatic carbocycles. The number of piperazine rings is 1. The van der Waals surface area contributed by atoms with Gasteiger partial charge < -0.3 is 20.1 Å². The number of aromatic nitrogens is 3. The second-order valence-electron chi connectivity index (χ2n) is 8.61. The van der Waals surface area contributed by atoms with E-state index in [4.69, 9.17) is 4.99 Å². The zero-order chi connectivity index (χ0) is 21.3. The Bertz CT molecular complexity index is 693. The second-order valence-corrected chi connectivity index (χ2v) is 8.61. The van der Waals surface area contributed by atoms with Crippen LogP contribution in [0.15, 0.2) is 11.3 Å². The molecule has 2 heterocycles. The molecule has 9 nitrogen and oxygen atoms in total. The van der Waals surface area contributed by atoms with Crippen LogP contribution in [0, 0.1) is 0 Å². The van der Waals surface area contributed by atoms with E-state index in [1.165, 1.54) is 25.7 Å². The number of nitrogens with one attached hydrogen (secondary N) is 2. The van der Waals surface area contributed by atoms with Crippen molar-refractivity contribution in [2.75, 3.05) is 39.3 Å². The van der Waals surface area contributed by atoms with E-state index in [-0.39, 0.29) is 35.9 Å². The SMILES string of the molecule is CCc1nncn1CCN=C(NC1CCCC1)N1CCN(CC(=O)NC(C)C)CC1.I. The van der Waals surface area contributed by atoms with E-state index < -0.39 is 0 Å². The van der Waals surface area contributed by atoms with E-state index in [0.717, 1.165) is 50.9 Å². The average Bonchev–Trinajstić information content (AvgIpc) is 3.39. The molecule has 0 radical (unpaired) electrons. The fourth-order valence-corrected chi connectivity index (χ4v) is 4.18. The molecule has 176 valence electrons. The van der Waals surface area contributed by atoms with Gasteiger partial charge in [0.05, 0.1) is 13.1 Å². The number of aliphatic imine (C=N–C) groups is 1. The zero-order valence-electron chi connectivity index (χ0n) is 19.2. The maximum atomic E-state index is 12.1. The van der Waals surface area contributed by atoms with Crippen LogP contribution in [0.5, 0.6) is 0 Å². The summed E-state index contributed by atoms with van der Waals surface area (Å²) in [7, 11) is 0. The van der Waals surface area contributed by atoms with Crippen molar-refractivity contribution in [3.05, 3.63) is 12.2 Å². The van der Waals surface area contributed by atoms with E-state index in [1.54, 1.807) is 6.33 Å². The molecule has 0 spiro atoms. The molecule has 1 saturated heterocycles. The Morgan fingerprint density at radius 3 is 2.58 bits per heavy atom. The fourth-order valence-electron chi connectivity index (χ4n) is 4.18. The van der Waals surface area contributed by atoms with Gasteiger partial charge >= 0.3 is 0 Å². The van der Waals surface area contributed by atoms with Gasteiger partial charge in [0.25, 0.3) is 0 Å². The standard InChI is InChI=1S/C21H38N8O.HI/c1-4-19-26-23-16-29(19)10-9-22-21(25-18-7-5-6-8-18)28-13-11-27(12-14-28)15-20(30)24-17(2)3;/h16-18H,4-15H2,1-3H3,(H,22,25)(H,24,30);1H. The van der Waals surface area contributed by atoms with Crippen molar-refractivity contribution in [1.29, 1.82) is 0 Å². The molecule has 1 aliphatic carbocycles. The number of guanidine groups is 1. The first-order valence-electron chi connectivity index (χ1n) is 11.5. The Morgan fingerprint density at radius 1 is 1.23 bits per heavy atom. The molecule has 3 rings (SSSR count). The molecule has 31 heavy (non-hydrogen) atoms. The number of rotatable bonds is 8. The lowest BCUT2D eigenvalue weighted by Gasteiger charge is -2.37. The first-order valence-corrected chi connectivity index (χ1v) is 11.5. The number of hydrogen-bond acceptors (Lipinski definition) is 5. The molecule has 1 aliphatic heterocycles. The Balaban J connectivity index is 0.00000341. The Morgan fingerprint density at radius 2 is 1.94 bits per heavy atom. The van der Waals surface area contributed by atoms with Crippen LogP contribution in [-0.2, 0) is 17.8 Å². The van der Waals surface area contributed by atoms with Gasteiger partial charge in [0.15, 0.2) is 5.96 Å². The van der Waals surface area contributed by atoms with Crippen LogP contribution >= 0.6 is 24.0 Å². The predicted octanol–water partition coefficient (Wildman–Crippen LogP) is 1.49. The van der Waals surface area contributed by atoms with Crippen LogP contribution in [0.3, 0.4) is 0 Å². The maximum Gasteiger partial charge on any atom is 0.234 e. The van der Waals surface area contributed by atoms with Crippen LogP contribution in [0.4, 0.5) is 0 Å². The third-order valence-corrected chi connectivity index (χ3v) is 5.79.